The number of nitrogens with zero attached hydrogens (tertiary/aromatic N) is 2. The molecule has 0 spiro atoms. The number of aryl methyl sites for hydroxylation is 1. The summed E-state index contributed by atoms with van der Waals surface area (Å²) >= 11 is 0. The minimum atomic E-state index is 0.532. The van der Waals surface area contributed by atoms with Crippen LogP contribution in [0, 0.1) is 5.92 Å². The lowest BCUT2D eigenvalue weighted by Crippen LogP contribution is -2.29. The Labute approximate surface area is 96.0 Å². The van der Waals surface area contributed by atoms with Crippen LogP contribution in [-0.2, 0) is 18.3 Å². The fourth-order valence-electron chi connectivity index (χ4n) is 2.92. The number of hydrogen-bond donors (Lipinski definition) is 1. The van der Waals surface area contributed by atoms with Crippen LogP contribution in [-0.4, -0.2) is 28.5 Å². The van der Waals surface area contributed by atoms with Crippen molar-refractivity contribution in [3.05, 3.63) is 18.0 Å². The van der Waals surface area contributed by atoms with E-state index in [1.807, 2.05) is 17.9 Å². The molecule has 3 atom stereocenters. The molecule has 2 aliphatic rings. The number of nitrogens with one attached hydrogen (secondary N) is 1. The Hall–Kier alpha value is -0.870. The van der Waals surface area contributed by atoms with Gasteiger partial charge in [-0.3, -0.25) is 4.68 Å². The van der Waals surface area contributed by atoms with Gasteiger partial charge >= 0.3 is 0 Å². The van der Waals surface area contributed by atoms with Gasteiger partial charge in [-0.1, -0.05) is 0 Å². The Morgan fingerprint density at radius 2 is 2.50 bits per heavy atom. The molecule has 2 aliphatic heterocycles. The van der Waals surface area contributed by atoms with Crippen molar-refractivity contribution >= 4 is 0 Å². The SMILES string of the molecule is Cn1nccc1CNCC1CC2CCC1O2. The summed E-state index contributed by atoms with van der Waals surface area (Å²) in [5.74, 6) is 0.729. The molecule has 0 aliphatic carbocycles. The minimum absolute atomic E-state index is 0.532. The molecule has 1 N–H and O–H groups in total. The van der Waals surface area contributed by atoms with Crippen LogP contribution in [0.25, 0.3) is 0 Å². The van der Waals surface area contributed by atoms with Crippen molar-refractivity contribution in [1.29, 1.82) is 0 Å². The quantitative estimate of drug-likeness (QED) is 0.827. The van der Waals surface area contributed by atoms with Gasteiger partial charge in [-0.05, 0) is 25.3 Å². The van der Waals surface area contributed by atoms with Crippen LogP contribution >= 0.6 is 0 Å². The maximum atomic E-state index is 5.84. The first-order valence-electron chi connectivity index (χ1n) is 6.16. The van der Waals surface area contributed by atoms with Crippen molar-refractivity contribution < 1.29 is 4.74 Å². The predicted molar refractivity (Wildman–Crippen MR) is 60.9 cm³/mol. The van der Waals surface area contributed by atoms with Crippen LogP contribution in [0.3, 0.4) is 0 Å². The topological polar surface area (TPSA) is 39.1 Å². The molecule has 4 nitrogen and oxygen atoms in total. The molecule has 0 amide bonds. The molecule has 1 aromatic rings. The van der Waals surface area contributed by atoms with Gasteiger partial charge < -0.3 is 10.1 Å². The van der Waals surface area contributed by atoms with Crippen LogP contribution < -0.4 is 5.32 Å². The molecule has 1 aromatic heterocycles. The van der Waals surface area contributed by atoms with Crippen molar-refractivity contribution in [2.45, 2.75) is 38.0 Å². The highest BCUT2D eigenvalue weighted by atomic mass is 16.5. The summed E-state index contributed by atoms with van der Waals surface area (Å²) in [6, 6.07) is 2.06. The van der Waals surface area contributed by atoms with Gasteiger partial charge in [-0.15, -0.1) is 0 Å². The van der Waals surface area contributed by atoms with Crippen molar-refractivity contribution in [1.82, 2.24) is 15.1 Å². The number of rotatable bonds is 4. The van der Waals surface area contributed by atoms with E-state index in [0.29, 0.717) is 12.2 Å². The van der Waals surface area contributed by atoms with E-state index in [9.17, 15) is 0 Å². The fraction of sp³-hybridized carbons (Fsp3) is 0.750. The second-order valence-electron chi connectivity index (χ2n) is 4.95. The Balaban J connectivity index is 1.46. The summed E-state index contributed by atoms with van der Waals surface area (Å²) in [5.41, 5.74) is 1.24. The van der Waals surface area contributed by atoms with Crippen LogP contribution in [0.1, 0.15) is 25.0 Å². The lowest BCUT2D eigenvalue weighted by atomic mass is 9.89. The molecule has 2 fully saturated rings. The normalized spacial score (nSPS) is 32.4. The van der Waals surface area contributed by atoms with Gasteiger partial charge in [0.15, 0.2) is 0 Å². The van der Waals surface area contributed by atoms with Crippen molar-refractivity contribution in [3.8, 4) is 0 Å². The molecule has 16 heavy (non-hydrogen) atoms. The first kappa shape index (κ1) is 10.3. The standard InChI is InChI=1S/C12H19N3O/c1-15-10(4-5-14-15)8-13-7-9-6-11-2-3-12(9)16-11/h4-5,9,11-13H,2-3,6-8H2,1H3. The predicted octanol–water partition coefficient (Wildman–Crippen LogP) is 1.08. The molecule has 2 bridgehead atoms. The van der Waals surface area contributed by atoms with Crippen LogP contribution in [0.5, 0.6) is 0 Å². The average Bonchev–Trinajstić information content (AvgIpc) is 2.96. The molecule has 3 heterocycles. The van der Waals surface area contributed by atoms with E-state index in [1.54, 1.807) is 0 Å². The summed E-state index contributed by atoms with van der Waals surface area (Å²) in [7, 11) is 1.98. The highest BCUT2D eigenvalue weighted by Crippen LogP contribution is 2.38. The molecule has 4 heteroatoms. The fourth-order valence-corrected chi connectivity index (χ4v) is 2.92. The van der Waals surface area contributed by atoms with E-state index in [0.717, 1.165) is 19.0 Å². The third kappa shape index (κ3) is 1.87. The number of fused-ring (bicyclic) bond motifs is 2. The van der Waals surface area contributed by atoms with E-state index in [2.05, 4.69) is 16.5 Å². The summed E-state index contributed by atoms with van der Waals surface area (Å²) in [6.45, 7) is 1.98. The Bertz CT molecular complexity index is 363. The first-order valence-corrected chi connectivity index (χ1v) is 6.16. The van der Waals surface area contributed by atoms with Crippen LogP contribution in [0.2, 0.25) is 0 Å². The molecule has 88 valence electrons. The van der Waals surface area contributed by atoms with Crippen molar-refractivity contribution in [2.24, 2.45) is 13.0 Å². The van der Waals surface area contributed by atoms with Crippen molar-refractivity contribution in [2.75, 3.05) is 6.54 Å². The third-order valence-corrected chi connectivity index (χ3v) is 3.87. The van der Waals surface area contributed by atoms with Gasteiger partial charge in [0.2, 0.25) is 0 Å². The van der Waals surface area contributed by atoms with Gasteiger partial charge in [0.1, 0.15) is 0 Å². The van der Waals surface area contributed by atoms with Crippen LogP contribution in [0.15, 0.2) is 12.3 Å². The van der Waals surface area contributed by atoms with Crippen LogP contribution in [0.4, 0.5) is 0 Å². The van der Waals surface area contributed by atoms with Crippen molar-refractivity contribution in [3.63, 3.8) is 0 Å². The van der Waals surface area contributed by atoms with Gasteiger partial charge in [0, 0.05) is 32.3 Å². The number of ether oxygens (including phenoxy) is 1. The summed E-state index contributed by atoms with van der Waals surface area (Å²) in [5, 5.41) is 7.67. The summed E-state index contributed by atoms with van der Waals surface area (Å²) in [6.07, 6.45) is 6.74. The molecule has 0 radical (unpaired) electrons. The van der Waals surface area contributed by atoms with Gasteiger partial charge in [0.25, 0.3) is 0 Å². The minimum Gasteiger partial charge on any atom is -0.375 e. The largest absolute Gasteiger partial charge is 0.375 e. The Morgan fingerprint density at radius 3 is 3.12 bits per heavy atom. The van der Waals surface area contributed by atoms with E-state index in [-0.39, 0.29) is 0 Å². The Morgan fingerprint density at radius 1 is 1.56 bits per heavy atom. The third-order valence-electron chi connectivity index (χ3n) is 3.87. The second-order valence-corrected chi connectivity index (χ2v) is 4.95. The molecule has 3 rings (SSSR count). The molecule has 0 aromatic carbocycles. The molecule has 3 unspecified atom stereocenters. The number of hydrogen-bond acceptors (Lipinski definition) is 3. The first-order chi connectivity index (χ1) is 7.83. The molecular formula is C12H19N3O. The lowest BCUT2D eigenvalue weighted by molar-refractivity contribution is 0.0923. The zero-order chi connectivity index (χ0) is 11.0. The maximum absolute atomic E-state index is 5.84. The van der Waals surface area contributed by atoms with E-state index < -0.39 is 0 Å². The molecular weight excluding hydrogens is 202 g/mol. The highest BCUT2D eigenvalue weighted by Gasteiger charge is 2.40. The smallest absolute Gasteiger partial charge is 0.0621 e. The molecule has 2 saturated heterocycles. The maximum Gasteiger partial charge on any atom is 0.0621 e. The lowest BCUT2D eigenvalue weighted by Gasteiger charge is -2.18. The zero-order valence-electron chi connectivity index (χ0n) is 9.72. The van der Waals surface area contributed by atoms with Gasteiger partial charge in [-0.25, -0.2) is 0 Å². The van der Waals surface area contributed by atoms with Gasteiger partial charge in [-0.2, -0.15) is 5.10 Å². The van der Waals surface area contributed by atoms with E-state index in [1.165, 1.54) is 25.0 Å². The zero-order valence-corrected chi connectivity index (χ0v) is 9.72. The van der Waals surface area contributed by atoms with E-state index in [4.69, 9.17) is 4.74 Å². The average molecular weight is 221 g/mol. The highest BCUT2D eigenvalue weighted by molar-refractivity contribution is 4.99. The second kappa shape index (κ2) is 4.18. The summed E-state index contributed by atoms with van der Waals surface area (Å²) in [4.78, 5) is 0. The monoisotopic (exact) mass is 221 g/mol. The Kier molecular flexibility index (Phi) is 2.69. The van der Waals surface area contributed by atoms with Gasteiger partial charge in [0.05, 0.1) is 17.9 Å². The summed E-state index contributed by atoms with van der Waals surface area (Å²) < 4.78 is 7.76. The number of aromatic nitrogens is 2. The molecule has 0 saturated carbocycles. The van der Waals surface area contributed by atoms with E-state index >= 15 is 0 Å².